The molecular formula is C16H22FN3O. The van der Waals surface area contributed by atoms with E-state index in [2.05, 4.69) is 22.6 Å². The summed E-state index contributed by atoms with van der Waals surface area (Å²) in [5, 5.41) is 6.02. The van der Waals surface area contributed by atoms with Crippen molar-refractivity contribution in [2.24, 2.45) is 0 Å². The molecule has 2 aliphatic heterocycles. The molecule has 2 fully saturated rings. The third kappa shape index (κ3) is 3.02. The Balaban J connectivity index is 1.71. The lowest BCUT2D eigenvalue weighted by atomic mass is 9.97. The Bertz CT molecular complexity index is 534. The number of halogens is 1. The second-order valence-corrected chi connectivity index (χ2v) is 6.24. The van der Waals surface area contributed by atoms with Crippen LogP contribution in [-0.4, -0.2) is 36.0 Å². The van der Waals surface area contributed by atoms with Crippen LogP contribution in [0.5, 0.6) is 0 Å². The van der Waals surface area contributed by atoms with Crippen LogP contribution < -0.4 is 10.6 Å². The van der Waals surface area contributed by atoms with Crippen molar-refractivity contribution in [1.82, 2.24) is 4.90 Å². The smallest absolute Gasteiger partial charge is 0.221 e. The summed E-state index contributed by atoms with van der Waals surface area (Å²) >= 11 is 0. The molecule has 2 unspecified atom stereocenters. The van der Waals surface area contributed by atoms with E-state index < -0.39 is 0 Å². The summed E-state index contributed by atoms with van der Waals surface area (Å²) in [5.74, 6) is -0.416. The fraction of sp³-hybridized carbons (Fsp3) is 0.562. The first-order chi connectivity index (χ1) is 10.0. The standard InChI is InChI=1S/C16H22FN3O/c1-10(21)18-11-3-6-15(17)16(9-11)19-12-7-13-4-5-14(8-12)20(13)2/h3,6,9,12-14,19H,4-5,7-8H2,1-2H3,(H,18,21). The molecule has 2 atom stereocenters. The first-order valence-corrected chi connectivity index (χ1v) is 7.58. The molecule has 2 heterocycles. The number of piperidine rings is 1. The van der Waals surface area contributed by atoms with Crippen LogP contribution in [-0.2, 0) is 4.79 Å². The first-order valence-electron chi connectivity index (χ1n) is 7.58. The third-order valence-electron chi connectivity index (χ3n) is 4.74. The van der Waals surface area contributed by atoms with E-state index in [-0.39, 0.29) is 11.7 Å². The molecule has 1 aromatic carbocycles. The molecule has 5 heteroatoms. The van der Waals surface area contributed by atoms with Gasteiger partial charge in [0.1, 0.15) is 5.82 Å². The molecule has 2 bridgehead atoms. The van der Waals surface area contributed by atoms with Gasteiger partial charge in [-0.2, -0.15) is 0 Å². The molecule has 1 amide bonds. The minimum absolute atomic E-state index is 0.148. The van der Waals surface area contributed by atoms with Crippen LogP contribution in [0.15, 0.2) is 18.2 Å². The average molecular weight is 291 g/mol. The number of nitrogens with one attached hydrogen (secondary N) is 2. The molecule has 2 saturated heterocycles. The first kappa shape index (κ1) is 14.3. The maximum absolute atomic E-state index is 14.0. The molecule has 4 nitrogen and oxygen atoms in total. The number of hydrogen-bond acceptors (Lipinski definition) is 3. The number of fused-ring (bicyclic) bond motifs is 2. The number of amides is 1. The van der Waals surface area contributed by atoms with E-state index >= 15 is 0 Å². The third-order valence-corrected chi connectivity index (χ3v) is 4.74. The monoisotopic (exact) mass is 291 g/mol. The largest absolute Gasteiger partial charge is 0.380 e. The zero-order chi connectivity index (χ0) is 15.0. The summed E-state index contributed by atoms with van der Waals surface area (Å²) in [6.45, 7) is 1.45. The van der Waals surface area contributed by atoms with Gasteiger partial charge in [0.2, 0.25) is 5.91 Å². The number of nitrogens with zero attached hydrogens (tertiary/aromatic N) is 1. The zero-order valence-corrected chi connectivity index (χ0v) is 12.5. The van der Waals surface area contributed by atoms with Crippen molar-refractivity contribution in [3.05, 3.63) is 24.0 Å². The molecule has 0 spiro atoms. The van der Waals surface area contributed by atoms with Crippen LogP contribution >= 0.6 is 0 Å². The van der Waals surface area contributed by atoms with E-state index in [9.17, 15) is 9.18 Å². The predicted molar refractivity (Wildman–Crippen MR) is 81.9 cm³/mol. The molecule has 2 N–H and O–H groups in total. The molecule has 0 aliphatic carbocycles. The Morgan fingerprint density at radius 3 is 2.57 bits per heavy atom. The Labute approximate surface area is 124 Å². The highest BCUT2D eigenvalue weighted by Crippen LogP contribution is 2.35. The summed E-state index contributed by atoms with van der Waals surface area (Å²) in [7, 11) is 2.19. The van der Waals surface area contributed by atoms with E-state index in [0.717, 1.165) is 12.8 Å². The van der Waals surface area contributed by atoms with Crippen LogP contribution in [0.2, 0.25) is 0 Å². The number of benzene rings is 1. The fourth-order valence-corrected chi connectivity index (χ4v) is 3.67. The van der Waals surface area contributed by atoms with Crippen LogP contribution in [0, 0.1) is 5.82 Å². The van der Waals surface area contributed by atoms with Gasteiger partial charge in [-0.15, -0.1) is 0 Å². The molecule has 3 rings (SSSR count). The van der Waals surface area contributed by atoms with E-state index in [4.69, 9.17) is 0 Å². The van der Waals surface area contributed by atoms with Gasteiger partial charge >= 0.3 is 0 Å². The van der Waals surface area contributed by atoms with E-state index in [1.54, 1.807) is 12.1 Å². The average Bonchev–Trinajstić information content (AvgIpc) is 2.64. The van der Waals surface area contributed by atoms with Gasteiger partial charge in [-0.25, -0.2) is 4.39 Å². The van der Waals surface area contributed by atoms with Crippen molar-refractivity contribution >= 4 is 17.3 Å². The summed E-state index contributed by atoms with van der Waals surface area (Å²) in [5.41, 5.74) is 1.11. The highest BCUT2D eigenvalue weighted by atomic mass is 19.1. The molecule has 21 heavy (non-hydrogen) atoms. The molecule has 0 aromatic heterocycles. The fourth-order valence-electron chi connectivity index (χ4n) is 3.67. The lowest BCUT2D eigenvalue weighted by molar-refractivity contribution is -0.114. The van der Waals surface area contributed by atoms with Crippen molar-refractivity contribution in [2.45, 2.75) is 50.7 Å². The van der Waals surface area contributed by atoms with Gasteiger partial charge in [-0.1, -0.05) is 0 Å². The Morgan fingerprint density at radius 1 is 1.29 bits per heavy atom. The molecule has 0 saturated carbocycles. The summed E-state index contributed by atoms with van der Waals surface area (Å²) in [4.78, 5) is 13.6. The normalized spacial score (nSPS) is 28.4. The van der Waals surface area contributed by atoms with Gasteiger partial charge in [0.15, 0.2) is 0 Å². The Kier molecular flexibility index (Phi) is 3.85. The highest BCUT2D eigenvalue weighted by Gasteiger charge is 2.38. The topological polar surface area (TPSA) is 44.4 Å². The highest BCUT2D eigenvalue weighted by molar-refractivity contribution is 5.89. The van der Waals surface area contributed by atoms with Crippen LogP contribution in [0.25, 0.3) is 0 Å². The second-order valence-electron chi connectivity index (χ2n) is 6.24. The summed E-state index contributed by atoms with van der Waals surface area (Å²) in [6, 6.07) is 6.19. The van der Waals surface area contributed by atoms with Gasteiger partial charge < -0.3 is 15.5 Å². The van der Waals surface area contributed by atoms with Crippen LogP contribution in [0.3, 0.4) is 0 Å². The van der Waals surface area contributed by atoms with Crippen molar-refractivity contribution < 1.29 is 9.18 Å². The Morgan fingerprint density at radius 2 is 1.95 bits per heavy atom. The minimum atomic E-state index is -0.268. The lowest BCUT2D eigenvalue weighted by Gasteiger charge is -2.37. The number of hydrogen-bond donors (Lipinski definition) is 2. The molecule has 0 radical (unpaired) electrons. The maximum atomic E-state index is 14.0. The van der Waals surface area contributed by atoms with Gasteiger partial charge in [-0.05, 0) is 50.9 Å². The van der Waals surface area contributed by atoms with Crippen LogP contribution in [0.4, 0.5) is 15.8 Å². The van der Waals surface area contributed by atoms with Crippen molar-refractivity contribution in [3.8, 4) is 0 Å². The molecule has 1 aromatic rings. The van der Waals surface area contributed by atoms with E-state index in [1.807, 2.05) is 0 Å². The van der Waals surface area contributed by atoms with Gasteiger partial charge in [0.05, 0.1) is 5.69 Å². The van der Waals surface area contributed by atoms with E-state index in [1.165, 1.54) is 25.8 Å². The van der Waals surface area contributed by atoms with E-state index in [0.29, 0.717) is 29.5 Å². The lowest BCUT2D eigenvalue weighted by Crippen LogP contribution is -2.44. The minimum Gasteiger partial charge on any atom is -0.380 e. The van der Waals surface area contributed by atoms with Gasteiger partial charge in [0.25, 0.3) is 0 Å². The maximum Gasteiger partial charge on any atom is 0.221 e. The SMILES string of the molecule is CC(=O)Nc1ccc(F)c(NC2CC3CCC(C2)N3C)c1. The van der Waals surface area contributed by atoms with Crippen molar-refractivity contribution in [1.29, 1.82) is 0 Å². The summed E-state index contributed by atoms with van der Waals surface area (Å²) in [6.07, 6.45) is 4.59. The van der Waals surface area contributed by atoms with Gasteiger partial charge in [-0.3, -0.25) is 4.79 Å². The van der Waals surface area contributed by atoms with Crippen molar-refractivity contribution in [2.75, 3.05) is 17.7 Å². The molecule has 114 valence electrons. The second kappa shape index (κ2) is 5.64. The van der Waals surface area contributed by atoms with Crippen molar-refractivity contribution in [3.63, 3.8) is 0 Å². The Hall–Kier alpha value is -1.62. The van der Waals surface area contributed by atoms with Crippen LogP contribution in [0.1, 0.15) is 32.6 Å². The number of carbonyl (C=O) groups is 1. The predicted octanol–water partition coefficient (Wildman–Crippen LogP) is 2.82. The number of carbonyl (C=O) groups excluding carboxylic acids is 1. The molecule has 2 aliphatic rings. The molecular weight excluding hydrogens is 269 g/mol. The summed E-state index contributed by atoms with van der Waals surface area (Å²) < 4.78 is 14.0. The zero-order valence-electron chi connectivity index (χ0n) is 12.5. The number of rotatable bonds is 3. The van der Waals surface area contributed by atoms with Gasteiger partial charge in [0, 0.05) is 30.7 Å². The quantitative estimate of drug-likeness (QED) is 0.900. The number of anilines is 2.